The van der Waals surface area contributed by atoms with Crippen LogP contribution in [0.3, 0.4) is 0 Å². The quantitative estimate of drug-likeness (QED) is 0.308. The first-order chi connectivity index (χ1) is 14.3. The van der Waals surface area contributed by atoms with Gasteiger partial charge in [-0.1, -0.05) is 60.3 Å². The summed E-state index contributed by atoms with van der Waals surface area (Å²) < 4.78 is 5.65. The molecule has 0 saturated heterocycles. The van der Waals surface area contributed by atoms with Crippen molar-refractivity contribution in [1.29, 1.82) is 0 Å². The summed E-state index contributed by atoms with van der Waals surface area (Å²) in [5.41, 5.74) is 2.12. The van der Waals surface area contributed by atoms with E-state index in [0.717, 1.165) is 46.6 Å². The molecule has 0 aliphatic heterocycles. The number of nitrogens with zero attached hydrogens (tertiary/aromatic N) is 2. The monoisotopic (exact) mass is 407 g/mol. The van der Waals surface area contributed by atoms with Crippen LogP contribution in [0.2, 0.25) is 0 Å². The van der Waals surface area contributed by atoms with Crippen LogP contribution in [0.4, 0.5) is 0 Å². The minimum Gasteiger partial charge on any atom is -0.377 e. The van der Waals surface area contributed by atoms with Gasteiger partial charge in [-0.25, -0.2) is 9.97 Å². The lowest BCUT2D eigenvalue weighted by Crippen LogP contribution is -2.27. The number of amides is 1. The van der Waals surface area contributed by atoms with Crippen molar-refractivity contribution in [3.05, 3.63) is 66.0 Å². The number of nitrogens with one attached hydrogen (secondary N) is 1. The summed E-state index contributed by atoms with van der Waals surface area (Å²) in [5, 5.41) is 4.89. The Morgan fingerprint density at radius 2 is 1.86 bits per heavy atom. The molecule has 2 aromatic carbocycles. The number of benzene rings is 2. The van der Waals surface area contributed by atoms with E-state index in [9.17, 15) is 4.79 Å². The third-order valence-electron chi connectivity index (χ3n) is 4.77. The van der Waals surface area contributed by atoms with Gasteiger partial charge < -0.3 is 10.1 Å². The number of aromatic nitrogens is 2. The van der Waals surface area contributed by atoms with Crippen molar-refractivity contribution >= 4 is 28.6 Å². The molecule has 1 saturated carbocycles. The Morgan fingerprint density at radius 1 is 1.07 bits per heavy atom. The molecule has 1 aromatic heterocycles. The Hall–Kier alpha value is -2.44. The summed E-state index contributed by atoms with van der Waals surface area (Å²) in [6, 6.07) is 18.1. The molecule has 0 unspecified atom stereocenters. The molecule has 4 rings (SSSR count). The zero-order valence-electron chi connectivity index (χ0n) is 16.3. The van der Waals surface area contributed by atoms with Crippen molar-refractivity contribution in [3.8, 4) is 0 Å². The maximum absolute atomic E-state index is 12.2. The van der Waals surface area contributed by atoms with E-state index in [0.29, 0.717) is 31.4 Å². The number of fused-ring (bicyclic) bond motifs is 1. The van der Waals surface area contributed by atoms with Gasteiger partial charge in [-0.05, 0) is 30.9 Å². The van der Waals surface area contributed by atoms with E-state index in [1.807, 2.05) is 54.6 Å². The number of carbonyl (C=O) groups excluding carboxylic acids is 1. The molecular formula is C23H25N3O2S. The first-order valence-corrected chi connectivity index (χ1v) is 11.1. The van der Waals surface area contributed by atoms with E-state index in [2.05, 4.69) is 10.3 Å². The molecule has 0 spiro atoms. The number of ether oxygens (including phenoxy) is 1. The molecule has 0 bridgehead atoms. The van der Waals surface area contributed by atoms with Crippen LogP contribution in [0.5, 0.6) is 0 Å². The molecule has 3 aromatic rings. The van der Waals surface area contributed by atoms with Crippen molar-refractivity contribution in [2.24, 2.45) is 0 Å². The fraction of sp³-hybridized carbons (Fsp3) is 0.348. The van der Waals surface area contributed by atoms with Crippen LogP contribution in [0.25, 0.3) is 10.9 Å². The minimum atomic E-state index is 0.0220. The van der Waals surface area contributed by atoms with Crippen LogP contribution in [0.1, 0.15) is 36.6 Å². The van der Waals surface area contributed by atoms with Crippen molar-refractivity contribution in [2.75, 3.05) is 18.9 Å². The Morgan fingerprint density at radius 3 is 2.69 bits per heavy atom. The highest BCUT2D eigenvalue weighted by molar-refractivity contribution is 8.00. The zero-order chi connectivity index (χ0) is 19.9. The highest BCUT2D eigenvalue weighted by Gasteiger charge is 2.27. The van der Waals surface area contributed by atoms with Crippen LogP contribution in [0.15, 0.2) is 59.6 Å². The Kier molecular flexibility index (Phi) is 6.75. The standard InChI is InChI=1S/C23H25N3O2S/c27-21(24-13-6-14-28-15-17-7-2-1-3-8-17)16-29-23-19-9-4-5-10-20(19)25-22(26-23)18-11-12-18/h1-5,7-10,18H,6,11-16H2,(H,24,27). The lowest BCUT2D eigenvalue weighted by atomic mass is 10.2. The van der Waals surface area contributed by atoms with Crippen LogP contribution in [0, 0.1) is 0 Å². The van der Waals surface area contributed by atoms with E-state index < -0.39 is 0 Å². The van der Waals surface area contributed by atoms with Crippen LogP contribution < -0.4 is 5.32 Å². The normalized spacial score (nSPS) is 13.5. The molecule has 0 atom stereocenters. The van der Waals surface area contributed by atoms with Gasteiger partial charge >= 0.3 is 0 Å². The summed E-state index contributed by atoms with van der Waals surface area (Å²) in [5.74, 6) is 1.79. The summed E-state index contributed by atoms with van der Waals surface area (Å²) in [6.45, 7) is 1.85. The maximum atomic E-state index is 12.2. The van der Waals surface area contributed by atoms with E-state index in [1.165, 1.54) is 11.8 Å². The predicted molar refractivity (Wildman–Crippen MR) is 116 cm³/mol. The number of para-hydroxylation sites is 1. The molecule has 0 radical (unpaired) electrons. The van der Waals surface area contributed by atoms with Crippen LogP contribution >= 0.6 is 11.8 Å². The first kappa shape index (κ1) is 19.9. The number of rotatable bonds is 10. The smallest absolute Gasteiger partial charge is 0.230 e. The SMILES string of the molecule is O=C(CSc1nc(C2CC2)nc2ccccc12)NCCCOCc1ccccc1. The predicted octanol–water partition coefficient (Wildman–Crippen LogP) is 4.32. The first-order valence-electron chi connectivity index (χ1n) is 10.1. The molecule has 150 valence electrons. The Balaban J connectivity index is 1.21. The summed E-state index contributed by atoms with van der Waals surface area (Å²) in [6.07, 6.45) is 3.12. The van der Waals surface area contributed by atoms with Crippen molar-refractivity contribution < 1.29 is 9.53 Å². The van der Waals surface area contributed by atoms with E-state index in [1.54, 1.807) is 0 Å². The van der Waals surface area contributed by atoms with E-state index in [-0.39, 0.29) is 5.91 Å². The molecule has 5 nitrogen and oxygen atoms in total. The van der Waals surface area contributed by atoms with Crippen LogP contribution in [-0.4, -0.2) is 34.8 Å². The summed E-state index contributed by atoms with van der Waals surface area (Å²) in [7, 11) is 0. The van der Waals surface area contributed by atoms with E-state index in [4.69, 9.17) is 9.72 Å². The topological polar surface area (TPSA) is 64.1 Å². The third-order valence-corrected chi connectivity index (χ3v) is 5.76. The lowest BCUT2D eigenvalue weighted by molar-refractivity contribution is -0.118. The molecule has 1 N–H and O–H groups in total. The average molecular weight is 408 g/mol. The van der Waals surface area contributed by atoms with Crippen molar-refractivity contribution in [3.63, 3.8) is 0 Å². The van der Waals surface area contributed by atoms with Gasteiger partial charge in [0.1, 0.15) is 10.9 Å². The second-order valence-electron chi connectivity index (χ2n) is 7.21. The van der Waals surface area contributed by atoms with Gasteiger partial charge in [0.15, 0.2) is 0 Å². The third kappa shape index (κ3) is 5.78. The van der Waals surface area contributed by atoms with Gasteiger partial charge in [0.25, 0.3) is 0 Å². The molecule has 1 aliphatic rings. The largest absolute Gasteiger partial charge is 0.377 e. The van der Waals surface area contributed by atoms with Gasteiger partial charge in [0, 0.05) is 24.5 Å². The van der Waals surface area contributed by atoms with Gasteiger partial charge in [-0.15, -0.1) is 0 Å². The molecular weight excluding hydrogens is 382 g/mol. The fourth-order valence-corrected chi connectivity index (χ4v) is 3.91. The van der Waals surface area contributed by atoms with E-state index >= 15 is 0 Å². The summed E-state index contributed by atoms with van der Waals surface area (Å²) in [4.78, 5) is 21.6. The molecule has 6 heteroatoms. The minimum absolute atomic E-state index is 0.0220. The lowest BCUT2D eigenvalue weighted by Gasteiger charge is -2.09. The second kappa shape index (κ2) is 9.85. The van der Waals surface area contributed by atoms with Crippen LogP contribution in [-0.2, 0) is 16.1 Å². The molecule has 1 heterocycles. The van der Waals surface area contributed by atoms with Crippen molar-refractivity contribution in [2.45, 2.75) is 36.8 Å². The number of thioether (sulfide) groups is 1. The molecule has 1 fully saturated rings. The van der Waals surface area contributed by atoms with Gasteiger partial charge in [0.2, 0.25) is 5.91 Å². The number of carbonyl (C=O) groups is 1. The molecule has 29 heavy (non-hydrogen) atoms. The molecule has 1 aliphatic carbocycles. The number of hydrogen-bond donors (Lipinski definition) is 1. The van der Waals surface area contributed by atoms with Gasteiger partial charge in [-0.2, -0.15) is 0 Å². The number of hydrogen-bond acceptors (Lipinski definition) is 5. The Labute approximate surface area is 175 Å². The zero-order valence-corrected chi connectivity index (χ0v) is 17.2. The highest BCUT2D eigenvalue weighted by Crippen LogP contribution is 2.39. The van der Waals surface area contributed by atoms with Gasteiger partial charge in [0.05, 0.1) is 17.9 Å². The average Bonchev–Trinajstić information content (AvgIpc) is 3.60. The van der Waals surface area contributed by atoms with Crippen molar-refractivity contribution in [1.82, 2.24) is 15.3 Å². The Bertz CT molecular complexity index is 961. The maximum Gasteiger partial charge on any atom is 0.230 e. The fourth-order valence-electron chi connectivity index (χ4n) is 3.05. The second-order valence-corrected chi connectivity index (χ2v) is 8.17. The highest BCUT2D eigenvalue weighted by atomic mass is 32.2. The molecule has 1 amide bonds. The summed E-state index contributed by atoms with van der Waals surface area (Å²) >= 11 is 1.49. The van der Waals surface area contributed by atoms with Gasteiger partial charge in [-0.3, -0.25) is 4.79 Å².